The minimum absolute atomic E-state index is 0.0174. The van der Waals surface area contributed by atoms with Gasteiger partial charge in [0.25, 0.3) is 0 Å². The molecule has 3 rings (SSSR count). The van der Waals surface area contributed by atoms with Crippen LogP contribution in [0.3, 0.4) is 0 Å². The third-order valence-corrected chi connectivity index (χ3v) is 4.33. The Kier molecular flexibility index (Phi) is 4.48. The first-order valence-corrected chi connectivity index (χ1v) is 8.23. The highest BCUT2D eigenvalue weighted by Crippen LogP contribution is 2.29. The third-order valence-electron chi connectivity index (χ3n) is 3.39. The van der Waals surface area contributed by atoms with Crippen molar-refractivity contribution in [2.45, 2.75) is 20.3 Å². The van der Waals surface area contributed by atoms with E-state index in [1.807, 2.05) is 61.7 Å². The number of benzene rings is 1. The van der Waals surface area contributed by atoms with Crippen molar-refractivity contribution in [2.24, 2.45) is 0 Å². The molecule has 0 radical (unpaired) electrons. The number of pyridine rings is 1. The Balaban J connectivity index is 1.91. The summed E-state index contributed by atoms with van der Waals surface area (Å²) in [4.78, 5) is 23.3. The van der Waals surface area contributed by atoms with Crippen molar-refractivity contribution in [2.75, 3.05) is 4.90 Å². The fourth-order valence-corrected chi connectivity index (χ4v) is 3.08. The van der Waals surface area contributed by atoms with Gasteiger partial charge < -0.3 is 0 Å². The average molecular weight is 323 g/mol. The van der Waals surface area contributed by atoms with E-state index in [9.17, 15) is 4.79 Å². The molecule has 116 valence electrons. The normalized spacial score (nSPS) is 10.5. The summed E-state index contributed by atoms with van der Waals surface area (Å²) in [6.45, 7) is 3.86. The maximum absolute atomic E-state index is 12.9. The second-order valence-electron chi connectivity index (χ2n) is 5.32. The number of thiazole rings is 1. The van der Waals surface area contributed by atoms with Crippen LogP contribution in [-0.4, -0.2) is 15.9 Å². The summed E-state index contributed by atoms with van der Waals surface area (Å²) in [5, 5.41) is 2.64. The molecule has 2 heterocycles. The fraction of sp³-hybridized carbons (Fsp3) is 0.167. The van der Waals surface area contributed by atoms with Crippen molar-refractivity contribution in [3.63, 3.8) is 0 Å². The summed E-state index contributed by atoms with van der Waals surface area (Å²) in [6, 6.07) is 13.5. The van der Waals surface area contributed by atoms with E-state index in [2.05, 4.69) is 9.97 Å². The Morgan fingerprint density at radius 2 is 1.87 bits per heavy atom. The van der Waals surface area contributed by atoms with Gasteiger partial charge in [0.15, 0.2) is 5.13 Å². The molecular weight excluding hydrogens is 306 g/mol. The summed E-state index contributed by atoms with van der Waals surface area (Å²) >= 11 is 1.47. The van der Waals surface area contributed by atoms with Crippen LogP contribution in [0.1, 0.15) is 17.0 Å². The van der Waals surface area contributed by atoms with E-state index in [0.717, 1.165) is 22.6 Å². The zero-order valence-electron chi connectivity index (χ0n) is 13.1. The molecule has 5 heteroatoms. The SMILES string of the molecule is Cc1ccc(CC(=O)N(c2ccccc2)c2nc(C)cs2)cn1. The largest absolute Gasteiger partial charge is 0.274 e. The number of carbonyl (C=O) groups excluding carboxylic acids is 1. The average Bonchev–Trinajstić information content (AvgIpc) is 2.97. The van der Waals surface area contributed by atoms with Gasteiger partial charge >= 0.3 is 0 Å². The van der Waals surface area contributed by atoms with Crippen LogP contribution in [0.5, 0.6) is 0 Å². The zero-order valence-corrected chi connectivity index (χ0v) is 13.9. The highest BCUT2D eigenvalue weighted by molar-refractivity contribution is 7.14. The van der Waals surface area contributed by atoms with Crippen LogP contribution in [0.15, 0.2) is 54.0 Å². The lowest BCUT2D eigenvalue weighted by molar-refractivity contribution is -0.117. The maximum atomic E-state index is 12.9. The first-order valence-electron chi connectivity index (χ1n) is 7.35. The molecule has 0 N–H and O–H groups in total. The summed E-state index contributed by atoms with van der Waals surface area (Å²) in [5.74, 6) is -0.0174. The molecule has 4 nitrogen and oxygen atoms in total. The lowest BCUT2D eigenvalue weighted by Crippen LogP contribution is -2.27. The van der Waals surface area contributed by atoms with Crippen molar-refractivity contribution in [1.29, 1.82) is 0 Å². The molecule has 0 aliphatic rings. The van der Waals surface area contributed by atoms with E-state index < -0.39 is 0 Å². The molecule has 2 aromatic heterocycles. The zero-order chi connectivity index (χ0) is 16.2. The summed E-state index contributed by atoms with van der Waals surface area (Å²) in [7, 11) is 0. The van der Waals surface area contributed by atoms with E-state index >= 15 is 0 Å². The van der Waals surface area contributed by atoms with Gasteiger partial charge in [-0.3, -0.25) is 14.7 Å². The highest BCUT2D eigenvalue weighted by Gasteiger charge is 2.21. The van der Waals surface area contributed by atoms with Crippen LogP contribution in [-0.2, 0) is 11.2 Å². The number of amides is 1. The van der Waals surface area contributed by atoms with Gasteiger partial charge in [0, 0.05) is 17.3 Å². The van der Waals surface area contributed by atoms with E-state index in [-0.39, 0.29) is 5.91 Å². The summed E-state index contributed by atoms with van der Waals surface area (Å²) in [5.41, 5.74) is 3.58. The number of nitrogens with zero attached hydrogens (tertiary/aromatic N) is 3. The Hall–Kier alpha value is -2.53. The van der Waals surface area contributed by atoms with Crippen LogP contribution >= 0.6 is 11.3 Å². The number of rotatable bonds is 4. The molecule has 0 aliphatic carbocycles. The van der Waals surface area contributed by atoms with Crippen LogP contribution in [0.4, 0.5) is 10.8 Å². The van der Waals surface area contributed by atoms with E-state index in [1.165, 1.54) is 11.3 Å². The molecule has 0 bridgehead atoms. The molecule has 0 spiro atoms. The smallest absolute Gasteiger partial charge is 0.237 e. The molecule has 23 heavy (non-hydrogen) atoms. The van der Waals surface area contributed by atoms with Gasteiger partial charge in [-0.2, -0.15) is 0 Å². The number of para-hydroxylation sites is 1. The van der Waals surface area contributed by atoms with Crippen LogP contribution < -0.4 is 4.90 Å². The first kappa shape index (κ1) is 15.4. The maximum Gasteiger partial charge on any atom is 0.237 e. The molecule has 0 unspecified atom stereocenters. The summed E-state index contributed by atoms with van der Waals surface area (Å²) in [6.07, 6.45) is 2.05. The van der Waals surface area contributed by atoms with Gasteiger partial charge in [-0.1, -0.05) is 24.3 Å². The topological polar surface area (TPSA) is 46.1 Å². The van der Waals surface area contributed by atoms with Crippen LogP contribution in [0.2, 0.25) is 0 Å². The van der Waals surface area contributed by atoms with E-state index in [0.29, 0.717) is 11.6 Å². The first-order chi connectivity index (χ1) is 11.1. The Morgan fingerprint density at radius 3 is 2.48 bits per heavy atom. The molecule has 0 aliphatic heterocycles. The molecular formula is C18H17N3OS. The van der Waals surface area contributed by atoms with Crippen molar-refractivity contribution >= 4 is 28.1 Å². The molecule has 0 saturated heterocycles. The van der Waals surface area contributed by atoms with Crippen molar-refractivity contribution in [1.82, 2.24) is 9.97 Å². The highest BCUT2D eigenvalue weighted by atomic mass is 32.1. The second-order valence-corrected chi connectivity index (χ2v) is 6.16. The van der Waals surface area contributed by atoms with E-state index in [4.69, 9.17) is 0 Å². The lowest BCUT2D eigenvalue weighted by atomic mass is 10.1. The molecule has 0 atom stereocenters. The lowest BCUT2D eigenvalue weighted by Gasteiger charge is -2.20. The number of anilines is 2. The van der Waals surface area contributed by atoms with Crippen molar-refractivity contribution < 1.29 is 4.79 Å². The van der Waals surface area contributed by atoms with Crippen molar-refractivity contribution in [3.8, 4) is 0 Å². The monoisotopic (exact) mass is 323 g/mol. The predicted octanol–water partition coefficient (Wildman–Crippen LogP) is 4.06. The molecule has 1 amide bonds. The van der Waals surface area contributed by atoms with Gasteiger partial charge in [0.2, 0.25) is 5.91 Å². The Bertz CT molecular complexity index is 797. The van der Waals surface area contributed by atoms with E-state index in [1.54, 1.807) is 11.1 Å². The van der Waals surface area contributed by atoms with Gasteiger partial charge in [-0.05, 0) is 37.6 Å². The predicted molar refractivity (Wildman–Crippen MR) is 93.1 cm³/mol. The summed E-state index contributed by atoms with van der Waals surface area (Å²) < 4.78 is 0. The molecule has 3 aromatic rings. The van der Waals surface area contributed by atoms with Crippen LogP contribution in [0, 0.1) is 13.8 Å². The number of aryl methyl sites for hydroxylation is 2. The molecule has 0 saturated carbocycles. The second kappa shape index (κ2) is 6.71. The van der Waals surface area contributed by atoms with Crippen LogP contribution in [0.25, 0.3) is 0 Å². The van der Waals surface area contributed by atoms with Gasteiger partial charge in [-0.15, -0.1) is 11.3 Å². The number of aromatic nitrogens is 2. The molecule has 1 aromatic carbocycles. The number of hydrogen-bond donors (Lipinski definition) is 0. The van der Waals surface area contributed by atoms with Gasteiger partial charge in [-0.25, -0.2) is 4.98 Å². The minimum Gasteiger partial charge on any atom is -0.274 e. The quantitative estimate of drug-likeness (QED) is 0.727. The number of hydrogen-bond acceptors (Lipinski definition) is 4. The Labute approximate surface area is 139 Å². The standard InChI is InChI=1S/C18H17N3OS/c1-13-8-9-15(11-19-13)10-17(22)21(16-6-4-3-5-7-16)18-20-14(2)12-23-18/h3-9,11-12H,10H2,1-2H3. The van der Waals surface area contributed by atoms with Crippen molar-refractivity contribution in [3.05, 3.63) is 71.0 Å². The molecule has 0 fully saturated rings. The fourth-order valence-electron chi connectivity index (χ4n) is 2.24. The third kappa shape index (κ3) is 3.63. The van der Waals surface area contributed by atoms with Gasteiger partial charge in [0.1, 0.15) is 0 Å². The minimum atomic E-state index is -0.0174. The van der Waals surface area contributed by atoms with Gasteiger partial charge in [0.05, 0.1) is 17.8 Å². The number of carbonyl (C=O) groups is 1. The Morgan fingerprint density at radius 1 is 1.09 bits per heavy atom.